The second kappa shape index (κ2) is 6.56. The van der Waals surface area contributed by atoms with Crippen LogP contribution in [0.25, 0.3) is 0 Å². The van der Waals surface area contributed by atoms with E-state index >= 15 is 0 Å². The number of fused-ring (bicyclic) bond motifs is 1. The third-order valence-electron chi connectivity index (χ3n) is 4.21. The molecule has 0 aliphatic heterocycles. The molecule has 0 spiro atoms. The fourth-order valence-electron chi connectivity index (χ4n) is 3.19. The van der Waals surface area contributed by atoms with Gasteiger partial charge in [0.05, 0.1) is 2.88 Å². The zero-order valence-electron chi connectivity index (χ0n) is 11.3. The first-order valence-electron chi connectivity index (χ1n) is 7.06. The lowest BCUT2D eigenvalue weighted by Crippen LogP contribution is -2.29. The molecule has 20 heavy (non-hydrogen) atoms. The zero-order chi connectivity index (χ0) is 13.9. The van der Waals surface area contributed by atoms with Crippen molar-refractivity contribution in [2.75, 3.05) is 0 Å². The van der Waals surface area contributed by atoms with Crippen LogP contribution >= 0.6 is 33.9 Å². The van der Waals surface area contributed by atoms with Gasteiger partial charge in [-0.2, -0.15) is 0 Å². The minimum absolute atomic E-state index is 0.255. The second-order valence-electron chi connectivity index (χ2n) is 5.43. The highest BCUT2D eigenvalue weighted by atomic mass is 127. The summed E-state index contributed by atoms with van der Waals surface area (Å²) in [6, 6.07) is 11.4. The van der Waals surface area contributed by atoms with Gasteiger partial charge in [-0.05, 0) is 82.3 Å². The minimum Gasteiger partial charge on any atom is -0.271 e. The Morgan fingerprint density at radius 3 is 3.00 bits per heavy atom. The van der Waals surface area contributed by atoms with Crippen LogP contribution in [-0.4, -0.2) is 0 Å². The molecule has 0 saturated carbocycles. The number of benzene rings is 1. The Labute approximate surface area is 137 Å². The van der Waals surface area contributed by atoms with E-state index in [-0.39, 0.29) is 6.04 Å². The Morgan fingerprint density at radius 2 is 2.25 bits per heavy atom. The Kier molecular flexibility index (Phi) is 4.75. The standard InChI is InChI=1S/C16H19IN2S/c17-16-9-13(10-20-16)15(19-18)8-12-6-3-5-11-4-1-2-7-14(11)12/h1-2,4,7,9-10,12,15,19H,3,5-6,8,18H2. The molecule has 4 heteroatoms. The summed E-state index contributed by atoms with van der Waals surface area (Å²) in [5.74, 6) is 6.43. The van der Waals surface area contributed by atoms with E-state index in [1.165, 1.54) is 38.8 Å². The molecule has 0 bridgehead atoms. The van der Waals surface area contributed by atoms with Gasteiger partial charge in [0.15, 0.2) is 0 Å². The molecule has 2 nitrogen and oxygen atoms in total. The molecule has 1 aromatic carbocycles. The number of hydrazine groups is 1. The van der Waals surface area contributed by atoms with E-state index in [9.17, 15) is 0 Å². The van der Waals surface area contributed by atoms with Crippen LogP contribution in [0.3, 0.4) is 0 Å². The van der Waals surface area contributed by atoms with Crippen LogP contribution in [0.2, 0.25) is 0 Å². The minimum atomic E-state index is 0.255. The molecule has 0 radical (unpaired) electrons. The fourth-order valence-corrected chi connectivity index (χ4v) is 4.62. The van der Waals surface area contributed by atoms with Crippen molar-refractivity contribution in [3.8, 4) is 0 Å². The summed E-state index contributed by atoms with van der Waals surface area (Å²) in [5, 5.41) is 2.22. The largest absolute Gasteiger partial charge is 0.271 e. The normalized spacial score (nSPS) is 19.6. The highest BCUT2D eigenvalue weighted by Crippen LogP contribution is 2.38. The SMILES string of the molecule is NNC(CC1CCCc2ccccc21)c1csc(I)c1. The van der Waals surface area contributed by atoms with E-state index in [1.807, 2.05) is 0 Å². The van der Waals surface area contributed by atoms with Gasteiger partial charge in [-0.1, -0.05) is 24.3 Å². The van der Waals surface area contributed by atoms with Crippen molar-refractivity contribution >= 4 is 33.9 Å². The van der Waals surface area contributed by atoms with Crippen LogP contribution in [0, 0.1) is 2.88 Å². The number of nitrogens with one attached hydrogen (secondary N) is 1. The maximum absolute atomic E-state index is 5.80. The van der Waals surface area contributed by atoms with Crippen molar-refractivity contribution < 1.29 is 0 Å². The molecule has 1 heterocycles. The lowest BCUT2D eigenvalue weighted by atomic mass is 9.79. The Morgan fingerprint density at radius 1 is 1.40 bits per heavy atom. The molecule has 2 unspecified atom stereocenters. The van der Waals surface area contributed by atoms with Gasteiger partial charge in [-0.3, -0.25) is 11.3 Å². The molecule has 3 N–H and O–H groups in total. The monoisotopic (exact) mass is 398 g/mol. The van der Waals surface area contributed by atoms with Crippen LogP contribution in [-0.2, 0) is 6.42 Å². The molecule has 0 saturated heterocycles. The Bertz CT molecular complexity index is 581. The first kappa shape index (κ1) is 14.5. The molecule has 106 valence electrons. The topological polar surface area (TPSA) is 38.0 Å². The molecule has 0 fully saturated rings. The van der Waals surface area contributed by atoms with Gasteiger partial charge in [0.25, 0.3) is 0 Å². The fraction of sp³-hybridized carbons (Fsp3) is 0.375. The molecular formula is C16H19IN2S. The third kappa shape index (κ3) is 3.08. The van der Waals surface area contributed by atoms with Crippen molar-refractivity contribution in [2.45, 2.75) is 37.6 Å². The van der Waals surface area contributed by atoms with Gasteiger partial charge < -0.3 is 0 Å². The number of hydrogen-bond donors (Lipinski definition) is 2. The van der Waals surface area contributed by atoms with Crippen LogP contribution in [0.4, 0.5) is 0 Å². The predicted octanol–water partition coefficient (Wildman–Crippen LogP) is 4.37. The maximum Gasteiger partial charge on any atom is 0.0656 e. The summed E-state index contributed by atoms with van der Waals surface area (Å²) < 4.78 is 1.32. The van der Waals surface area contributed by atoms with E-state index < -0.39 is 0 Å². The predicted molar refractivity (Wildman–Crippen MR) is 93.8 cm³/mol. The third-order valence-corrected chi connectivity index (χ3v) is 6.01. The van der Waals surface area contributed by atoms with E-state index in [2.05, 4.69) is 63.7 Å². The maximum atomic E-state index is 5.80. The van der Waals surface area contributed by atoms with Crippen molar-refractivity contribution in [3.63, 3.8) is 0 Å². The van der Waals surface area contributed by atoms with Gasteiger partial charge >= 0.3 is 0 Å². The van der Waals surface area contributed by atoms with E-state index in [1.54, 1.807) is 11.3 Å². The van der Waals surface area contributed by atoms with Gasteiger partial charge in [0, 0.05) is 6.04 Å². The molecule has 2 aromatic rings. The Balaban J connectivity index is 1.80. The highest BCUT2D eigenvalue weighted by molar-refractivity contribution is 14.1. The molecule has 1 aromatic heterocycles. The number of nitrogens with two attached hydrogens (primary N) is 1. The average molecular weight is 398 g/mol. The number of aryl methyl sites for hydroxylation is 1. The molecule has 1 aliphatic carbocycles. The van der Waals surface area contributed by atoms with Crippen molar-refractivity contribution in [2.24, 2.45) is 5.84 Å². The number of thiophene rings is 1. The van der Waals surface area contributed by atoms with E-state index in [0.717, 1.165) is 6.42 Å². The Hall–Kier alpha value is -0.430. The first-order valence-corrected chi connectivity index (χ1v) is 9.01. The quantitative estimate of drug-likeness (QED) is 0.456. The van der Waals surface area contributed by atoms with Gasteiger partial charge in [-0.15, -0.1) is 11.3 Å². The lowest BCUT2D eigenvalue weighted by molar-refractivity contribution is 0.426. The summed E-state index contributed by atoms with van der Waals surface area (Å²) >= 11 is 4.16. The highest BCUT2D eigenvalue weighted by Gasteiger charge is 2.24. The summed E-state index contributed by atoms with van der Waals surface area (Å²) in [7, 11) is 0. The van der Waals surface area contributed by atoms with Crippen LogP contribution in [0.15, 0.2) is 35.7 Å². The van der Waals surface area contributed by atoms with Crippen LogP contribution < -0.4 is 11.3 Å². The first-order chi connectivity index (χ1) is 9.78. The summed E-state index contributed by atoms with van der Waals surface area (Å²) in [4.78, 5) is 0. The summed E-state index contributed by atoms with van der Waals surface area (Å²) in [6.45, 7) is 0. The van der Waals surface area contributed by atoms with Gasteiger partial charge in [-0.25, -0.2) is 0 Å². The number of halogens is 1. The number of hydrogen-bond acceptors (Lipinski definition) is 3. The molecule has 0 amide bonds. The lowest BCUT2D eigenvalue weighted by Gasteiger charge is -2.28. The van der Waals surface area contributed by atoms with Gasteiger partial charge in [0.2, 0.25) is 0 Å². The van der Waals surface area contributed by atoms with E-state index in [4.69, 9.17) is 5.84 Å². The molecule has 1 aliphatic rings. The van der Waals surface area contributed by atoms with Crippen LogP contribution in [0.5, 0.6) is 0 Å². The summed E-state index contributed by atoms with van der Waals surface area (Å²) in [5.41, 5.74) is 7.40. The van der Waals surface area contributed by atoms with Crippen molar-refractivity contribution in [1.29, 1.82) is 0 Å². The van der Waals surface area contributed by atoms with Crippen LogP contribution in [0.1, 0.15) is 47.9 Å². The zero-order valence-corrected chi connectivity index (χ0v) is 14.3. The van der Waals surface area contributed by atoms with Crippen molar-refractivity contribution in [3.05, 3.63) is 55.3 Å². The summed E-state index contributed by atoms with van der Waals surface area (Å²) in [6.07, 6.45) is 4.88. The average Bonchev–Trinajstić information content (AvgIpc) is 2.91. The van der Waals surface area contributed by atoms with Gasteiger partial charge in [0.1, 0.15) is 0 Å². The molecule has 2 atom stereocenters. The number of rotatable bonds is 4. The molecule has 3 rings (SSSR count). The van der Waals surface area contributed by atoms with Crippen molar-refractivity contribution in [1.82, 2.24) is 5.43 Å². The molecular weight excluding hydrogens is 379 g/mol. The second-order valence-corrected chi connectivity index (χ2v) is 8.23. The van der Waals surface area contributed by atoms with E-state index in [0.29, 0.717) is 5.92 Å². The smallest absolute Gasteiger partial charge is 0.0656 e.